The summed E-state index contributed by atoms with van der Waals surface area (Å²) in [5.41, 5.74) is 4.92. The standard InChI is InChI=1S/C23H26N4O/c1-4-27(5-2)20-12-13-21(17(3)15-20)25-19-11-14-22(24-16-19)26-23(28)18-9-7-6-8-10-18/h6-16,25H,4-5H2,1-3H3,(H,24,26,28). The van der Waals surface area contributed by atoms with Gasteiger partial charge < -0.3 is 15.5 Å². The first kappa shape index (κ1) is 19.4. The topological polar surface area (TPSA) is 57.3 Å². The maximum atomic E-state index is 12.2. The Balaban J connectivity index is 1.66. The molecule has 2 N–H and O–H groups in total. The normalized spacial score (nSPS) is 10.4. The first-order chi connectivity index (χ1) is 13.6. The fourth-order valence-electron chi connectivity index (χ4n) is 3.05. The van der Waals surface area contributed by atoms with Crippen molar-refractivity contribution in [3.8, 4) is 0 Å². The van der Waals surface area contributed by atoms with E-state index >= 15 is 0 Å². The number of aryl methyl sites for hydroxylation is 1. The molecule has 5 nitrogen and oxygen atoms in total. The maximum absolute atomic E-state index is 12.2. The number of hydrogen-bond acceptors (Lipinski definition) is 4. The lowest BCUT2D eigenvalue weighted by Gasteiger charge is -2.22. The number of carbonyl (C=O) groups excluding carboxylic acids is 1. The number of amides is 1. The maximum Gasteiger partial charge on any atom is 0.256 e. The largest absolute Gasteiger partial charge is 0.372 e. The van der Waals surface area contributed by atoms with Crippen molar-refractivity contribution in [3.63, 3.8) is 0 Å². The molecule has 1 aromatic heterocycles. The lowest BCUT2D eigenvalue weighted by Crippen LogP contribution is -2.21. The number of carbonyl (C=O) groups is 1. The third-order valence-corrected chi connectivity index (χ3v) is 4.66. The van der Waals surface area contributed by atoms with Gasteiger partial charge in [0.1, 0.15) is 5.82 Å². The van der Waals surface area contributed by atoms with Gasteiger partial charge in [0.2, 0.25) is 0 Å². The Morgan fingerprint density at radius 1 is 1.00 bits per heavy atom. The third-order valence-electron chi connectivity index (χ3n) is 4.66. The fourth-order valence-corrected chi connectivity index (χ4v) is 3.05. The molecule has 0 aliphatic rings. The van der Waals surface area contributed by atoms with Crippen molar-refractivity contribution in [2.24, 2.45) is 0 Å². The molecule has 2 aromatic carbocycles. The summed E-state index contributed by atoms with van der Waals surface area (Å²) in [5.74, 6) is 0.352. The summed E-state index contributed by atoms with van der Waals surface area (Å²) in [6.45, 7) is 8.40. The van der Waals surface area contributed by atoms with Gasteiger partial charge in [0.05, 0.1) is 11.9 Å². The molecular formula is C23H26N4O. The van der Waals surface area contributed by atoms with Crippen LogP contribution in [0.25, 0.3) is 0 Å². The zero-order chi connectivity index (χ0) is 19.9. The number of benzene rings is 2. The number of pyridine rings is 1. The molecule has 0 unspecified atom stereocenters. The minimum absolute atomic E-state index is 0.170. The van der Waals surface area contributed by atoms with Crippen molar-refractivity contribution in [2.45, 2.75) is 20.8 Å². The van der Waals surface area contributed by atoms with E-state index in [2.05, 4.69) is 59.5 Å². The molecule has 0 aliphatic heterocycles. The van der Waals surface area contributed by atoms with Gasteiger partial charge >= 0.3 is 0 Å². The van der Waals surface area contributed by atoms with Crippen LogP contribution in [0.4, 0.5) is 22.9 Å². The van der Waals surface area contributed by atoms with Crippen molar-refractivity contribution in [3.05, 3.63) is 78.0 Å². The average molecular weight is 374 g/mol. The van der Waals surface area contributed by atoms with Crippen LogP contribution in [0, 0.1) is 6.92 Å². The number of nitrogens with zero attached hydrogens (tertiary/aromatic N) is 2. The van der Waals surface area contributed by atoms with Gasteiger partial charge in [0, 0.05) is 30.0 Å². The molecule has 3 rings (SSSR count). The van der Waals surface area contributed by atoms with Gasteiger partial charge in [-0.1, -0.05) is 18.2 Å². The highest BCUT2D eigenvalue weighted by Gasteiger charge is 2.07. The third kappa shape index (κ3) is 4.68. The zero-order valence-electron chi connectivity index (χ0n) is 16.6. The minimum Gasteiger partial charge on any atom is -0.372 e. The van der Waals surface area contributed by atoms with E-state index in [0.717, 1.165) is 24.5 Å². The molecule has 0 radical (unpaired) electrons. The van der Waals surface area contributed by atoms with Crippen LogP contribution in [-0.4, -0.2) is 24.0 Å². The predicted octanol–water partition coefficient (Wildman–Crippen LogP) is 5.23. The van der Waals surface area contributed by atoms with Crippen LogP contribution < -0.4 is 15.5 Å². The summed E-state index contributed by atoms with van der Waals surface area (Å²) in [7, 11) is 0. The molecule has 0 fully saturated rings. The van der Waals surface area contributed by atoms with E-state index in [0.29, 0.717) is 11.4 Å². The van der Waals surface area contributed by atoms with E-state index in [-0.39, 0.29) is 5.91 Å². The van der Waals surface area contributed by atoms with Gasteiger partial charge in [-0.05, 0) is 68.8 Å². The molecule has 28 heavy (non-hydrogen) atoms. The highest BCUT2D eigenvalue weighted by molar-refractivity contribution is 6.03. The monoisotopic (exact) mass is 374 g/mol. The van der Waals surface area contributed by atoms with Crippen LogP contribution in [0.3, 0.4) is 0 Å². The van der Waals surface area contributed by atoms with Crippen LogP contribution in [0.1, 0.15) is 29.8 Å². The first-order valence-corrected chi connectivity index (χ1v) is 9.55. The van der Waals surface area contributed by atoms with Gasteiger partial charge in [-0.15, -0.1) is 0 Å². The van der Waals surface area contributed by atoms with Crippen LogP contribution >= 0.6 is 0 Å². The number of nitrogens with one attached hydrogen (secondary N) is 2. The Morgan fingerprint density at radius 2 is 1.75 bits per heavy atom. The van der Waals surface area contributed by atoms with Gasteiger partial charge in [-0.25, -0.2) is 4.98 Å². The SMILES string of the molecule is CCN(CC)c1ccc(Nc2ccc(NC(=O)c3ccccc3)nc2)c(C)c1. The molecule has 0 saturated carbocycles. The number of anilines is 4. The van der Waals surface area contributed by atoms with Crippen LogP contribution in [-0.2, 0) is 0 Å². The summed E-state index contributed by atoms with van der Waals surface area (Å²) in [6, 6.07) is 19.2. The summed E-state index contributed by atoms with van der Waals surface area (Å²) >= 11 is 0. The van der Waals surface area contributed by atoms with Crippen molar-refractivity contribution in [1.29, 1.82) is 0 Å². The van der Waals surface area contributed by atoms with Crippen LogP contribution in [0.5, 0.6) is 0 Å². The van der Waals surface area contributed by atoms with Crippen molar-refractivity contribution < 1.29 is 4.79 Å². The molecule has 1 heterocycles. The smallest absolute Gasteiger partial charge is 0.256 e. The number of hydrogen-bond donors (Lipinski definition) is 2. The highest BCUT2D eigenvalue weighted by atomic mass is 16.1. The lowest BCUT2D eigenvalue weighted by atomic mass is 10.1. The van der Waals surface area contributed by atoms with E-state index in [1.807, 2.05) is 24.3 Å². The Kier molecular flexibility index (Phi) is 6.27. The van der Waals surface area contributed by atoms with E-state index < -0.39 is 0 Å². The second-order valence-electron chi connectivity index (χ2n) is 6.55. The van der Waals surface area contributed by atoms with Crippen LogP contribution in [0.2, 0.25) is 0 Å². The summed E-state index contributed by atoms with van der Waals surface area (Å²) < 4.78 is 0. The van der Waals surface area contributed by atoms with Gasteiger partial charge in [0.15, 0.2) is 0 Å². The van der Waals surface area contributed by atoms with Gasteiger partial charge in [0.25, 0.3) is 5.91 Å². The van der Waals surface area contributed by atoms with Crippen molar-refractivity contribution in [1.82, 2.24) is 4.98 Å². The Labute approximate surface area is 166 Å². The Morgan fingerprint density at radius 3 is 2.36 bits per heavy atom. The highest BCUT2D eigenvalue weighted by Crippen LogP contribution is 2.25. The van der Waals surface area contributed by atoms with E-state index in [1.165, 1.54) is 11.3 Å². The quantitative estimate of drug-likeness (QED) is 0.594. The molecule has 5 heteroatoms. The second-order valence-corrected chi connectivity index (χ2v) is 6.55. The molecule has 0 atom stereocenters. The number of aromatic nitrogens is 1. The average Bonchev–Trinajstić information content (AvgIpc) is 2.73. The molecule has 0 aliphatic carbocycles. The summed E-state index contributed by atoms with van der Waals surface area (Å²) in [4.78, 5) is 18.9. The summed E-state index contributed by atoms with van der Waals surface area (Å²) in [6.07, 6.45) is 1.72. The first-order valence-electron chi connectivity index (χ1n) is 9.55. The van der Waals surface area contributed by atoms with Crippen molar-refractivity contribution >= 4 is 28.8 Å². The fraction of sp³-hybridized carbons (Fsp3) is 0.217. The van der Waals surface area contributed by atoms with E-state index in [4.69, 9.17) is 0 Å². The molecule has 0 bridgehead atoms. The lowest BCUT2D eigenvalue weighted by molar-refractivity contribution is 0.102. The van der Waals surface area contributed by atoms with E-state index in [1.54, 1.807) is 24.4 Å². The Bertz CT molecular complexity index is 919. The van der Waals surface area contributed by atoms with Gasteiger partial charge in [-0.3, -0.25) is 4.79 Å². The molecular weight excluding hydrogens is 348 g/mol. The van der Waals surface area contributed by atoms with E-state index in [9.17, 15) is 4.79 Å². The summed E-state index contributed by atoms with van der Waals surface area (Å²) in [5, 5.41) is 6.20. The van der Waals surface area contributed by atoms with Gasteiger partial charge in [-0.2, -0.15) is 0 Å². The Hall–Kier alpha value is -3.34. The van der Waals surface area contributed by atoms with Crippen LogP contribution in [0.15, 0.2) is 66.9 Å². The molecule has 1 amide bonds. The number of rotatable bonds is 7. The van der Waals surface area contributed by atoms with Crippen molar-refractivity contribution in [2.75, 3.05) is 28.6 Å². The predicted molar refractivity (Wildman–Crippen MR) is 117 cm³/mol. The molecule has 0 spiro atoms. The second kappa shape index (κ2) is 9.04. The zero-order valence-corrected chi connectivity index (χ0v) is 16.6. The molecule has 3 aromatic rings. The minimum atomic E-state index is -0.170. The molecule has 0 saturated heterocycles. The molecule has 144 valence electrons.